The van der Waals surface area contributed by atoms with Gasteiger partial charge >= 0.3 is 0 Å². The average molecular weight is 354 g/mol. The molecule has 1 aliphatic heterocycles. The molecule has 21 heavy (non-hydrogen) atoms. The summed E-state index contributed by atoms with van der Waals surface area (Å²) in [5.74, 6) is -0.0898. The number of benzene rings is 1. The number of carbonyl (C=O) groups excluding carboxylic acids is 2. The van der Waals surface area contributed by atoms with Gasteiger partial charge in [0, 0.05) is 41.8 Å². The highest BCUT2D eigenvalue weighted by atomic mass is 79.9. The molecule has 0 aromatic heterocycles. The Morgan fingerprint density at radius 2 is 2.00 bits per heavy atom. The highest BCUT2D eigenvalue weighted by molar-refractivity contribution is 9.10. The molecule has 5 nitrogen and oxygen atoms in total. The monoisotopic (exact) mass is 353 g/mol. The summed E-state index contributed by atoms with van der Waals surface area (Å²) in [6.45, 7) is 3.84. The molecule has 0 aliphatic carbocycles. The third-order valence-electron chi connectivity index (χ3n) is 3.74. The summed E-state index contributed by atoms with van der Waals surface area (Å²) >= 11 is 3.33. The number of nitrogens with zero attached hydrogens (tertiary/aromatic N) is 1. The van der Waals surface area contributed by atoms with Gasteiger partial charge in [-0.15, -0.1) is 0 Å². The number of nitrogens with two attached hydrogens (primary N) is 1. The number of anilines is 1. The smallest absolute Gasteiger partial charge is 0.251 e. The molecule has 0 saturated carbocycles. The highest BCUT2D eigenvalue weighted by Gasteiger charge is 2.18. The first kappa shape index (κ1) is 15.8. The minimum atomic E-state index is -0.199. The summed E-state index contributed by atoms with van der Waals surface area (Å²) in [6, 6.07) is 3.51. The molecule has 1 heterocycles. The third kappa shape index (κ3) is 3.97. The normalized spacial score (nSPS) is 14.3. The molecular weight excluding hydrogens is 334 g/mol. The molecule has 0 unspecified atom stereocenters. The maximum Gasteiger partial charge on any atom is 0.251 e. The van der Waals surface area contributed by atoms with Crippen LogP contribution in [-0.2, 0) is 4.79 Å². The van der Waals surface area contributed by atoms with E-state index in [1.807, 2.05) is 11.8 Å². The summed E-state index contributed by atoms with van der Waals surface area (Å²) in [6.07, 6.45) is 2.50. The number of likely N-dealkylation sites (tertiary alicyclic amines) is 1. The topological polar surface area (TPSA) is 75.4 Å². The molecule has 0 bridgehead atoms. The zero-order valence-electron chi connectivity index (χ0n) is 12.1. The van der Waals surface area contributed by atoms with Gasteiger partial charge in [0.25, 0.3) is 5.91 Å². The minimum Gasteiger partial charge on any atom is -0.398 e. The molecule has 1 aliphatic rings. The van der Waals surface area contributed by atoms with E-state index in [0.29, 0.717) is 24.2 Å². The number of nitrogen functional groups attached to an aromatic ring is 1. The van der Waals surface area contributed by atoms with Gasteiger partial charge in [-0.05, 0) is 37.5 Å². The largest absolute Gasteiger partial charge is 0.398 e. The van der Waals surface area contributed by atoms with Gasteiger partial charge in [0.1, 0.15) is 0 Å². The summed E-state index contributed by atoms with van der Waals surface area (Å²) < 4.78 is 0.767. The zero-order chi connectivity index (χ0) is 15.4. The van der Waals surface area contributed by atoms with Gasteiger partial charge in [-0.25, -0.2) is 0 Å². The van der Waals surface area contributed by atoms with Crippen molar-refractivity contribution in [3.63, 3.8) is 0 Å². The van der Waals surface area contributed by atoms with Gasteiger partial charge in [0.2, 0.25) is 5.91 Å². The second kappa shape index (κ2) is 6.93. The SMILES string of the molecule is Cc1c(N)cc(Br)cc1C(=O)NCCC(=O)N1CCCC1. The molecule has 1 aromatic rings. The van der Waals surface area contributed by atoms with E-state index < -0.39 is 0 Å². The maximum absolute atomic E-state index is 12.2. The van der Waals surface area contributed by atoms with Gasteiger partial charge in [-0.2, -0.15) is 0 Å². The van der Waals surface area contributed by atoms with Gasteiger partial charge in [0.15, 0.2) is 0 Å². The maximum atomic E-state index is 12.2. The summed E-state index contributed by atoms with van der Waals surface area (Å²) in [7, 11) is 0. The Morgan fingerprint density at radius 3 is 2.67 bits per heavy atom. The lowest BCUT2D eigenvalue weighted by Gasteiger charge is -2.15. The molecule has 1 aromatic carbocycles. The Balaban J connectivity index is 1.89. The minimum absolute atomic E-state index is 0.110. The van der Waals surface area contributed by atoms with Crippen molar-refractivity contribution in [1.82, 2.24) is 10.2 Å². The fraction of sp³-hybridized carbons (Fsp3) is 0.467. The first-order valence-electron chi connectivity index (χ1n) is 7.10. The second-order valence-corrected chi connectivity index (χ2v) is 6.18. The molecular formula is C15H20BrN3O2. The van der Waals surface area contributed by atoms with Crippen LogP contribution in [0.3, 0.4) is 0 Å². The van der Waals surface area contributed by atoms with Gasteiger partial charge in [-0.3, -0.25) is 9.59 Å². The van der Waals surface area contributed by atoms with Gasteiger partial charge in [-0.1, -0.05) is 15.9 Å². The van der Waals surface area contributed by atoms with Crippen LogP contribution in [0.5, 0.6) is 0 Å². The Kier molecular flexibility index (Phi) is 5.22. The molecule has 6 heteroatoms. The van der Waals surface area contributed by atoms with E-state index in [-0.39, 0.29) is 11.8 Å². The summed E-state index contributed by atoms with van der Waals surface area (Å²) in [5.41, 5.74) is 7.71. The molecule has 0 radical (unpaired) electrons. The van der Waals surface area contributed by atoms with Crippen LogP contribution >= 0.6 is 15.9 Å². The lowest BCUT2D eigenvalue weighted by Crippen LogP contribution is -2.33. The van der Waals surface area contributed by atoms with Crippen LogP contribution in [0.1, 0.15) is 35.2 Å². The molecule has 2 rings (SSSR count). The standard InChI is InChI=1S/C15H20BrN3O2/c1-10-12(8-11(16)9-13(10)17)15(21)18-5-4-14(20)19-6-2-3-7-19/h8-9H,2-7,17H2,1H3,(H,18,21). The summed E-state index contributed by atoms with van der Waals surface area (Å²) in [4.78, 5) is 25.9. The van der Waals surface area contributed by atoms with Crippen molar-refractivity contribution in [2.24, 2.45) is 0 Å². The van der Waals surface area contributed by atoms with Crippen LogP contribution in [0.25, 0.3) is 0 Å². The number of amides is 2. The van der Waals surface area contributed by atoms with Crippen molar-refractivity contribution >= 4 is 33.4 Å². The van der Waals surface area contributed by atoms with Gasteiger partial charge in [0.05, 0.1) is 0 Å². The van der Waals surface area contributed by atoms with Crippen LogP contribution < -0.4 is 11.1 Å². The van der Waals surface area contributed by atoms with Crippen molar-refractivity contribution in [3.05, 3.63) is 27.7 Å². The summed E-state index contributed by atoms with van der Waals surface area (Å²) in [5, 5.41) is 2.79. The van der Waals surface area contributed by atoms with E-state index in [9.17, 15) is 9.59 Å². The number of halogens is 1. The van der Waals surface area contributed by atoms with Crippen molar-refractivity contribution < 1.29 is 9.59 Å². The Hall–Kier alpha value is -1.56. The number of nitrogens with one attached hydrogen (secondary N) is 1. The van der Waals surface area contributed by atoms with Crippen LogP contribution in [0.15, 0.2) is 16.6 Å². The molecule has 0 spiro atoms. The molecule has 3 N–H and O–H groups in total. The fourth-order valence-electron chi connectivity index (χ4n) is 2.44. The van der Waals surface area contributed by atoms with E-state index >= 15 is 0 Å². The lowest BCUT2D eigenvalue weighted by molar-refractivity contribution is -0.129. The fourth-order valence-corrected chi connectivity index (χ4v) is 2.91. The Labute approximate surface area is 133 Å². The van der Waals surface area contributed by atoms with Gasteiger partial charge < -0.3 is 16.0 Å². The predicted molar refractivity (Wildman–Crippen MR) is 86.1 cm³/mol. The van der Waals surface area contributed by atoms with Crippen molar-refractivity contribution in [1.29, 1.82) is 0 Å². The number of carbonyl (C=O) groups is 2. The van der Waals surface area contributed by atoms with E-state index in [2.05, 4.69) is 21.2 Å². The van der Waals surface area contributed by atoms with E-state index in [1.165, 1.54) is 0 Å². The highest BCUT2D eigenvalue weighted by Crippen LogP contribution is 2.22. The van der Waals surface area contributed by atoms with Crippen LogP contribution in [-0.4, -0.2) is 36.3 Å². The van der Waals surface area contributed by atoms with E-state index in [0.717, 1.165) is 36.0 Å². The number of rotatable bonds is 4. The average Bonchev–Trinajstić information content (AvgIpc) is 2.96. The molecule has 2 amide bonds. The molecule has 1 fully saturated rings. The first-order valence-corrected chi connectivity index (χ1v) is 7.90. The van der Waals surface area contributed by atoms with E-state index in [1.54, 1.807) is 12.1 Å². The first-order chi connectivity index (χ1) is 9.99. The molecule has 0 atom stereocenters. The molecule has 114 valence electrons. The van der Waals surface area contributed by atoms with E-state index in [4.69, 9.17) is 5.73 Å². The van der Waals surface area contributed by atoms with Crippen molar-refractivity contribution in [2.45, 2.75) is 26.2 Å². The Bertz CT molecular complexity index is 554. The van der Waals surface area contributed by atoms with Crippen LogP contribution in [0.2, 0.25) is 0 Å². The quantitative estimate of drug-likeness (QED) is 0.813. The third-order valence-corrected chi connectivity index (χ3v) is 4.20. The lowest BCUT2D eigenvalue weighted by atomic mass is 10.1. The number of hydrogen-bond donors (Lipinski definition) is 2. The predicted octanol–water partition coefficient (Wildman–Crippen LogP) is 2.08. The van der Waals surface area contributed by atoms with Crippen molar-refractivity contribution in [3.8, 4) is 0 Å². The second-order valence-electron chi connectivity index (χ2n) is 5.26. The molecule has 1 saturated heterocycles. The Morgan fingerprint density at radius 1 is 1.33 bits per heavy atom. The number of hydrogen-bond acceptors (Lipinski definition) is 3. The zero-order valence-corrected chi connectivity index (χ0v) is 13.7. The van der Waals surface area contributed by atoms with Crippen LogP contribution in [0, 0.1) is 6.92 Å². The van der Waals surface area contributed by atoms with Crippen molar-refractivity contribution in [2.75, 3.05) is 25.4 Å². The van der Waals surface area contributed by atoms with Crippen LogP contribution in [0.4, 0.5) is 5.69 Å².